The monoisotopic (exact) mass is 311 g/mol. The summed E-state index contributed by atoms with van der Waals surface area (Å²) in [6, 6.07) is 22.2. The van der Waals surface area contributed by atoms with Crippen LogP contribution in [-0.2, 0) is 6.54 Å². The van der Waals surface area contributed by atoms with Gasteiger partial charge in [-0.1, -0.05) is 55.5 Å². The van der Waals surface area contributed by atoms with Crippen molar-refractivity contribution in [2.24, 2.45) is 0 Å². The fraction of sp³-hybridized carbons (Fsp3) is 0.143. The number of aryl methyl sites for hydroxylation is 1. The number of para-hydroxylation sites is 1. The Morgan fingerprint density at radius 2 is 1.67 bits per heavy atom. The van der Waals surface area contributed by atoms with Gasteiger partial charge < -0.3 is 4.57 Å². The number of fused-ring (bicyclic) bond motifs is 1. The van der Waals surface area contributed by atoms with Crippen LogP contribution in [0.2, 0.25) is 0 Å². The summed E-state index contributed by atoms with van der Waals surface area (Å²) in [6.45, 7) is 3.03. The topological polar surface area (TPSA) is 52.5 Å². The van der Waals surface area contributed by atoms with Crippen LogP contribution >= 0.6 is 0 Å². The maximum atomic E-state index is 9.18. The predicted octanol–water partition coefficient (Wildman–Crippen LogP) is 5.15. The van der Waals surface area contributed by atoms with E-state index in [-0.39, 0.29) is 5.57 Å². The number of allylic oxidation sites excluding steroid dienone is 1. The molecule has 3 nitrogen and oxygen atoms in total. The van der Waals surface area contributed by atoms with E-state index in [4.69, 9.17) is 0 Å². The van der Waals surface area contributed by atoms with Crippen LogP contribution in [0.15, 0.2) is 60.2 Å². The first-order valence-corrected chi connectivity index (χ1v) is 7.98. The lowest BCUT2D eigenvalue weighted by atomic mass is 10.0. The van der Waals surface area contributed by atoms with Crippen LogP contribution in [0.4, 0.5) is 0 Å². The van der Waals surface area contributed by atoms with Crippen LogP contribution < -0.4 is 0 Å². The summed E-state index contributed by atoms with van der Waals surface area (Å²) in [5, 5.41) is 19.4. The molecule has 1 aromatic heterocycles. The van der Waals surface area contributed by atoms with Gasteiger partial charge in [-0.3, -0.25) is 0 Å². The van der Waals surface area contributed by atoms with Crippen molar-refractivity contribution in [3.05, 3.63) is 65.7 Å². The molecule has 1 heterocycles. The van der Waals surface area contributed by atoms with Gasteiger partial charge in [-0.15, -0.1) is 0 Å². The Morgan fingerprint density at radius 3 is 2.33 bits per heavy atom. The van der Waals surface area contributed by atoms with Gasteiger partial charge >= 0.3 is 0 Å². The first-order valence-electron chi connectivity index (χ1n) is 7.98. The number of benzene rings is 2. The minimum Gasteiger partial charge on any atom is -0.340 e. The molecule has 0 bridgehead atoms. The van der Waals surface area contributed by atoms with E-state index < -0.39 is 0 Å². The highest BCUT2D eigenvalue weighted by Crippen LogP contribution is 2.35. The lowest BCUT2D eigenvalue weighted by molar-refractivity contribution is 0.709. The van der Waals surface area contributed by atoms with E-state index in [1.165, 1.54) is 0 Å². The second kappa shape index (κ2) is 6.86. The Bertz CT molecular complexity index is 964. The summed E-state index contributed by atoms with van der Waals surface area (Å²) in [5.74, 6) is 0. The molecule has 0 atom stereocenters. The van der Waals surface area contributed by atoms with Gasteiger partial charge in [0.25, 0.3) is 0 Å². The third-order valence-electron chi connectivity index (χ3n) is 4.03. The third-order valence-corrected chi connectivity index (χ3v) is 4.03. The smallest absolute Gasteiger partial charge is 0.130 e. The zero-order chi connectivity index (χ0) is 16.9. The highest BCUT2D eigenvalue weighted by atomic mass is 15.0. The molecular formula is C21H17N3. The van der Waals surface area contributed by atoms with Crippen molar-refractivity contribution in [3.8, 4) is 23.4 Å². The number of nitrogens with zero attached hydrogens (tertiary/aromatic N) is 3. The van der Waals surface area contributed by atoms with Gasteiger partial charge in [-0.05, 0) is 24.1 Å². The van der Waals surface area contributed by atoms with Crippen LogP contribution in [0.5, 0.6) is 0 Å². The number of hydrogen-bond acceptors (Lipinski definition) is 2. The second-order valence-electron chi connectivity index (χ2n) is 5.58. The summed E-state index contributed by atoms with van der Waals surface area (Å²) in [7, 11) is 0. The van der Waals surface area contributed by atoms with Crippen LogP contribution in [0.25, 0.3) is 28.2 Å². The SMILES string of the molecule is CCCn1c(-c2ccccc2)c(C=C(C#N)C#N)c2ccccc21. The van der Waals surface area contributed by atoms with Gasteiger partial charge in [0.2, 0.25) is 0 Å². The molecule has 0 saturated heterocycles. The van der Waals surface area contributed by atoms with Crippen molar-refractivity contribution < 1.29 is 0 Å². The molecule has 3 rings (SSSR count). The Hall–Kier alpha value is -3.30. The second-order valence-corrected chi connectivity index (χ2v) is 5.58. The molecule has 0 N–H and O–H groups in total. The van der Waals surface area contributed by atoms with Crippen molar-refractivity contribution in [2.75, 3.05) is 0 Å². The molecule has 24 heavy (non-hydrogen) atoms. The van der Waals surface area contributed by atoms with Crippen LogP contribution in [0.1, 0.15) is 18.9 Å². The summed E-state index contributed by atoms with van der Waals surface area (Å²) in [6.07, 6.45) is 2.71. The molecule has 0 radical (unpaired) electrons. The van der Waals surface area contributed by atoms with Crippen molar-refractivity contribution in [1.29, 1.82) is 10.5 Å². The van der Waals surface area contributed by atoms with Crippen molar-refractivity contribution >= 4 is 17.0 Å². The number of hydrogen-bond donors (Lipinski definition) is 0. The van der Waals surface area contributed by atoms with Crippen LogP contribution in [0.3, 0.4) is 0 Å². The molecule has 0 spiro atoms. The van der Waals surface area contributed by atoms with E-state index >= 15 is 0 Å². The number of rotatable bonds is 4. The Kier molecular flexibility index (Phi) is 4.45. The molecule has 0 fully saturated rings. The number of aromatic nitrogens is 1. The molecular weight excluding hydrogens is 294 g/mol. The molecule has 0 amide bonds. The molecule has 0 aliphatic rings. The van der Waals surface area contributed by atoms with Crippen molar-refractivity contribution in [3.63, 3.8) is 0 Å². The lowest BCUT2D eigenvalue weighted by Crippen LogP contribution is -1.99. The highest BCUT2D eigenvalue weighted by Gasteiger charge is 2.17. The molecule has 0 aliphatic carbocycles. The standard InChI is InChI=1S/C21H17N3/c1-2-12-24-20-11-7-6-10-18(20)19(13-16(14-22)15-23)21(24)17-8-4-3-5-9-17/h3-11,13H,2,12H2,1H3. The van der Waals surface area contributed by atoms with E-state index in [0.717, 1.165) is 40.7 Å². The zero-order valence-electron chi connectivity index (χ0n) is 13.5. The van der Waals surface area contributed by atoms with E-state index in [9.17, 15) is 10.5 Å². The average Bonchev–Trinajstić information content (AvgIpc) is 2.94. The average molecular weight is 311 g/mol. The molecule has 0 unspecified atom stereocenters. The van der Waals surface area contributed by atoms with E-state index in [2.05, 4.69) is 29.7 Å². The maximum absolute atomic E-state index is 9.18. The first kappa shape index (κ1) is 15.6. The fourth-order valence-corrected chi connectivity index (χ4v) is 3.07. The molecule has 0 saturated carbocycles. The van der Waals surface area contributed by atoms with Crippen molar-refractivity contribution in [2.45, 2.75) is 19.9 Å². The first-order chi connectivity index (χ1) is 11.8. The third kappa shape index (κ3) is 2.69. The molecule has 0 aliphatic heterocycles. The van der Waals surface area contributed by atoms with Gasteiger partial charge in [0.15, 0.2) is 0 Å². The molecule has 116 valence electrons. The van der Waals surface area contributed by atoms with Gasteiger partial charge in [0, 0.05) is 23.0 Å². The molecule has 2 aromatic carbocycles. The summed E-state index contributed by atoms with van der Waals surface area (Å²) < 4.78 is 2.28. The quantitative estimate of drug-likeness (QED) is 0.626. The molecule has 3 heteroatoms. The Labute approximate surface area is 141 Å². The van der Waals surface area contributed by atoms with Crippen LogP contribution in [0, 0.1) is 22.7 Å². The van der Waals surface area contributed by atoms with E-state index in [1.807, 2.05) is 48.5 Å². The summed E-state index contributed by atoms with van der Waals surface area (Å²) in [4.78, 5) is 0. The Balaban J connectivity index is 2.42. The highest BCUT2D eigenvalue weighted by molar-refractivity contribution is 5.98. The molecule has 3 aromatic rings. The minimum atomic E-state index is 0.117. The summed E-state index contributed by atoms with van der Waals surface area (Å²) in [5.41, 5.74) is 4.32. The zero-order valence-corrected chi connectivity index (χ0v) is 13.5. The van der Waals surface area contributed by atoms with E-state index in [1.54, 1.807) is 6.08 Å². The van der Waals surface area contributed by atoms with Crippen molar-refractivity contribution in [1.82, 2.24) is 4.57 Å². The van der Waals surface area contributed by atoms with Crippen LogP contribution in [-0.4, -0.2) is 4.57 Å². The lowest BCUT2D eigenvalue weighted by Gasteiger charge is -2.10. The summed E-state index contributed by atoms with van der Waals surface area (Å²) >= 11 is 0. The Morgan fingerprint density at radius 1 is 1.00 bits per heavy atom. The largest absolute Gasteiger partial charge is 0.340 e. The normalized spacial score (nSPS) is 10.1. The number of nitriles is 2. The predicted molar refractivity (Wildman–Crippen MR) is 96.9 cm³/mol. The van der Waals surface area contributed by atoms with Gasteiger partial charge in [-0.25, -0.2) is 0 Å². The maximum Gasteiger partial charge on any atom is 0.130 e. The minimum absolute atomic E-state index is 0.117. The van der Waals surface area contributed by atoms with E-state index in [0.29, 0.717) is 0 Å². The van der Waals surface area contributed by atoms with Gasteiger partial charge in [0.05, 0.1) is 5.69 Å². The van der Waals surface area contributed by atoms with Gasteiger partial charge in [0.1, 0.15) is 17.7 Å². The van der Waals surface area contributed by atoms with Gasteiger partial charge in [-0.2, -0.15) is 10.5 Å². The fourth-order valence-electron chi connectivity index (χ4n) is 3.07.